The molecule has 7 nitrogen and oxygen atoms in total. The molecule has 43 heavy (non-hydrogen) atoms. The van der Waals surface area contributed by atoms with Gasteiger partial charge in [-0.15, -0.1) is 0 Å². The molecule has 0 amide bonds. The van der Waals surface area contributed by atoms with Crippen LogP contribution in [0, 0.1) is 28.6 Å². The van der Waals surface area contributed by atoms with Crippen molar-refractivity contribution in [2.75, 3.05) is 18.5 Å². The zero-order valence-corrected chi connectivity index (χ0v) is 25.4. The van der Waals surface area contributed by atoms with E-state index in [1.54, 1.807) is 0 Å². The van der Waals surface area contributed by atoms with E-state index < -0.39 is 17.3 Å². The molecular formula is C36H36N4O3. The number of Topliss-reactive ketones (excluding diaryl/α,β-unsaturated/α-hetero) is 1. The fraction of sp³-hybridized carbons (Fsp3) is 0.361. The molecule has 0 N–H and O–H groups in total. The van der Waals surface area contributed by atoms with Gasteiger partial charge in [0.25, 0.3) is 0 Å². The number of rotatable bonds is 8. The van der Waals surface area contributed by atoms with Gasteiger partial charge in [0.2, 0.25) is 5.69 Å². The SMILES string of the molecule is CN1/C(=C/C2C(=O)/C(=C/C3=[N+](CCCCCC(=O)[O-])c4ccccc4C3(C)C)C2=C(C#N)C#N)C(C)(C)c2ccccc21. The highest BCUT2D eigenvalue weighted by Gasteiger charge is 2.49. The van der Waals surface area contributed by atoms with Gasteiger partial charge in [0.1, 0.15) is 24.3 Å². The summed E-state index contributed by atoms with van der Waals surface area (Å²) >= 11 is 0. The third kappa shape index (κ3) is 4.89. The van der Waals surface area contributed by atoms with Crippen molar-refractivity contribution in [2.45, 2.75) is 64.2 Å². The molecule has 218 valence electrons. The van der Waals surface area contributed by atoms with Crippen LogP contribution in [0.4, 0.5) is 11.4 Å². The second kappa shape index (κ2) is 11.2. The Bertz CT molecular complexity index is 1720. The van der Waals surface area contributed by atoms with Crippen LogP contribution in [0.5, 0.6) is 0 Å². The molecule has 0 saturated heterocycles. The first-order valence-corrected chi connectivity index (χ1v) is 14.8. The number of carboxylic acids is 1. The van der Waals surface area contributed by atoms with Gasteiger partial charge in [-0.2, -0.15) is 15.1 Å². The molecule has 7 heteroatoms. The standard InChI is InChI=1S/C36H36N4O3/c1-35(2)26-13-8-10-15-28(26)39(5)30(35)19-24-33(23(21-37)22-38)25(34(24)43)20-31-36(3,4)27-14-9-11-16-29(27)40(31)18-12-6-7-17-32(41)42/h8-11,13-16,19-20,24H,6-7,12,17-18H2,1-5H3/b25-20+,30-19+. The van der Waals surface area contributed by atoms with E-state index >= 15 is 0 Å². The number of allylic oxidation sites excluding steroid dienone is 6. The number of hydrogen-bond acceptors (Lipinski definition) is 6. The van der Waals surface area contributed by atoms with Crippen LogP contribution in [0.2, 0.25) is 0 Å². The van der Waals surface area contributed by atoms with Gasteiger partial charge in [-0.3, -0.25) is 4.79 Å². The van der Waals surface area contributed by atoms with E-state index in [1.165, 1.54) is 0 Å². The van der Waals surface area contributed by atoms with E-state index in [1.807, 2.05) is 55.6 Å². The fourth-order valence-corrected chi connectivity index (χ4v) is 6.92. The van der Waals surface area contributed by atoms with Crippen molar-refractivity contribution in [2.24, 2.45) is 5.92 Å². The molecule has 2 aliphatic heterocycles. The summed E-state index contributed by atoms with van der Waals surface area (Å²) in [7, 11) is 1.98. The number of carbonyl (C=O) groups is 2. The summed E-state index contributed by atoms with van der Waals surface area (Å²) in [5, 5.41) is 30.8. The molecule has 0 bridgehead atoms. The van der Waals surface area contributed by atoms with Crippen LogP contribution >= 0.6 is 0 Å². The smallest absolute Gasteiger partial charge is 0.209 e. The predicted molar refractivity (Wildman–Crippen MR) is 164 cm³/mol. The molecule has 0 spiro atoms. The van der Waals surface area contributed by atoms with Crippen molar-refractivity contribution in [3.63, 3.8) is 0 Å². The minimum absolute atomic E-state index is 0.0322. The molecule has 1 saturated carbocycles. The second-order valence-corrected chi connectivity index (χ2v) is 12.5. The van der Waals surface area contributed by atoms with Gasteiger partial charge in [-0.1, -0.05) is 50.2 Å². The van der Waals surface area contributed by atoms with E-state index in [4.69, 9.17) is 0 Å². The number of anilines is 1. The van der Waals surface area contributed by atoms with Gasteiger partial charge in [0, 0.05) is 65.1 Å². The summed E-state index contributed by atoms with van der Waals surface area (Å²) in [5.41, 5.74) is 6.31. The lowest BCUT2D eigenvalue weighted by Crippen LogP contribution is -2.37. The van der Waals surface area contributed by atoms with E-state index in [2.05, 4.69) is 61.4 Å². The Morgan fingerprint density at radius 3 is 2.28 bits per heavy atom. The molecule has 1 unspecified atom stereocenters. The number of carbonyl (C=O) groups excluding carboxylic acids is 2. The van der Waals surface area contributed by atoms with Crippen molar-refractivity contribution >= 4 is 28.8 Å². The highest BCUT2D eigenvalue weighted by atomic mass is 16.4. The molecule has 5 rings (SSSR count). The molecule has 2 heterocycles. The van der Waals surface area contributed by atoms with E-state index in [9.17, 15) is 25.2 Å². The Morgan fingerprint density at radius 1 is 0.977 bits per heavy atom. The lowest BCUT2D eigenvalue weighted by molar-refractivity contribution is -0.438. The topological polar surface area (TPSA) is 111 Å². The molecule has 2 aromatic rings. The van der Waals surface area contributed by atoms with Gasteiger partial charge in [-0.05, 0) is 50.8 Å². The maximum absolute atomic E-state index is 14.0. The molecule has 2 aromatic carbocycles. The summed E-state index contributed by atoms with van der Waals surface area (Å²) in [5.74, 6) is -1.85. The molecule has 1 fully saturated rings. The molecule has 1 aliphatic carbocycles. The quantitative estimate of drug-likeness (QED) is 0.187. The van der Waals surface area contributed by atoms with Crippen LogP contribution in [0.1, 0.15) is 64.5 Å². The summed E-state index contributed by atoms with van der Waals surface area (Å²) < 4.78 is 2.20. The molecule has 0 radical (unpaired) electrons. The number of fused-ring (bicyclic) bond motifs is 2. The highest BCUT2D eigenvalue weighted by Crippen LogP contribution is 2.50. The maximum Gasteiger partial charge on any atom is 0.209 e. The Hall–Kier alpha value is -4.75. The number of benzene rings is 2. The van der Waals surface area contributed by atoms with E-state index in [-0.39, 0.29) is 23.2 Å². The summed E-state index contributed by atoms with van der Waals surface area (Å²) in [6.07, 6.45) is 5.87. The van der Waals surface area contributed by atoms with Crippen LogP contribution in [-0.4, -0.2) is 35.6 Å². The Morgan fingerprint density at radius 2 is 1.63 bits per heavy atom. The summed E-state index contributed by atoms with van der Waals surface area (Å²) in [4.78, 5) is 26.9. The number of nitriles is 2. The zero-order chi connectivity index (χ0) is 31.1. The van der Waals surface area contributed by atoms with Crippen LogP contribution in [0.3, 0.4) is 0 Å². The van der Waals surface area contributed by atoms with Gasteiger partial charge in [0.15, 0.2) is 11.5 Å². The van der Waals surface area contributed by atoms with Gasteiger partial charge in [0.05, 0.1) is 11.3 Å². The Labute approximate surface area is 253 Å². The second-order valence-electron chi connectivity index (χ2n) is 12.5. The Balaban J connectivity index is 1.57. The summed E-state index contributed by atoms with van der Waals surface area (Å²) in [6, 6.07) is 20.4. The van der Waals surface area contributed by atoms with Crippen molar-refractivity contribution in [1.29, 1.82) is 10.5 Å². The van der Waals surface area contributed by atoms with E-state index in [0.717, 1.165) is 46.8 Å². The average Bonchev–Trinajstić information content (AvgIpc) is 3.31. The van der Waals surface area contributed by atoms with Gasteiger partial charge < -0.3 is 14.8 Å². The molecule has 1 atom stereocenters. The number of ketones is 1. The normalized spacial score (nSPS) is 21.4. The third-order valence-corrected chi connectivity index (χ3v) is 9.25. The van der Waals surface area contributed by atoms with Crippen LogP contribution in [-0.2, 0) is 20.4 Å². The minimum atomic E-state index is -1.04. The first kappa shape index (κ1) is 29.7. The minimum Gasteiger partial charge on any atom is -0.550 e. The number of likely N-dealkylation sites (N-methyl/N-ethyl adjacent to an activating group) is 1. The van der Waals surface area contributed by atoms with Gasteiger partial charge >= 0.3 is 0 Å². The molecular weight excluding hydrogens is 536 g/mol. The average molecular weight is 573 g/mol. The molecule has 3 aliphatic rings. The number of carboxylic acid groups (broad SMARTS) is 1. The lowest BCUT2D eigenvalue weighted by Gasteiger charge is -2.33. The Kier molecular flexibility index (Phi) is 7.71. The van der Waals surface area contributed by atoms with Crippen molar-refractivity contribution in [3.05, 3.63) is 94.2 Å². The number of para-hydroxylation sites is 2. The largest absolute Gasteiger partial charge is 0.550 e. The van der Waals surface area contributed by atoms with Crippen LogP contribution in [0.15, 0.2) is 83.1 Å². The number of nitrogens with zero attached hydrogens (tertiary/aromatic N) is 4. The number of aliphatic carboxylic acids is 1. The monoisotopic (exact) mass is 572 g/mol. The van der Waals surface area contributed by atoms with E-state index in [0.29, 0.717) is 24.1 Å². The summed E-state index contributed by atoms with van der Waals surface area (Å²) in [6.45, 7) is 9.12. The lowest BCUT2D eigenvalue weighted by atomic mass is 9.68. The van der Waals surface area contributed by atoms with Gasteiger partial charge in [-0.25, -0.2) is 0 Å². The first-order valence-electron chi connectivity index (χ1n) is 14.8. The maximum atomic E-state index is 14.0. The van der Waals surface area contributed by atoms with Crippen molar-refractivity contribution < 1.29 is 19.3 Å². The van der Waals surface area contributed by atoms with Crippen molar-refractivity contribution in [3.8, 4) is 12.1 Å². The number of unbranched alkanes of at least 4 members (excludes halogenated alkanes) is 2. The third-order valence-electron chi connectivity index (χ3n) is 9.25. The fourth-order valence-electron chi connectivity index (χ4n) is 6.92. The zero-order valence-electron chi connectivity index (χ0n) is 25.4. The van der Waals surface area contributed by atoms with Crippen LogP contribution in [0.25, 0.3) is 0 Å². The first-order chi connectivity index (χ1) is 20.4. The number of hydrogen-bond donors (Lipinski definition) is 0. The van der Waals surface area contributed by atoms with Crippen molar-refractivity contribution in [1.82, 2.24) is 0 Å². The molecule has 0 aromatic heterocycles. The predicted octanol–water partition coefficient (Wildman–Crippen LogP) is 5.15. The van der Waals surface area contributed by atoms with Crippen LogP contribution < -0.4 is 10.0 Å². The highest BCUT2D eigenvalue weighted by molar-refractivity contribution is 6.19.